The van der Waals surface area contributed by atoms with Crippen molar-refractivity contribution >= 4 is 0 Å². The van der Waals surface area contributed by atoms with Gasteiger partial charge in [0, 0.05) is 18.6 Å². The molecule has 1 heterocycles. The first kappa shape index (κ1) is 8.97. The van der Waals surface area contributed by atoms with E-state index >= 15 is 0 Å². The quantitative estimate of drug-likeness (QED) is 0.594. The molecule has 0 aromatic rings. The molecule has 0 saturated carbocycles. The molecule has 0 aromatic carbocycles. The maximum Gasteiger partial charge on any atom is 0.122 e. The molecule has 1 fully saturated rings. The maximum atomic E-state index is 9.57. The second-order valence-electron chi connectivity index (χ2n) is 3.61. The highest BCUT2D eigenvalue weighted by atomic mass is 16.3. The Morgan fingerprint density at radius 3 is 2.55 bits per heavy atom. The Morgan fingerprint density at radius 1 is 1.55 bits per heavy atom. The predicted molar refractivity (Wildman–Crippen MR) is 45.3 cm³/mol. The number of aliphatic hydroxyl groups is 1. The molecule has 11 heavy (non-hydrogen) atoms. The summed E-state index contributed by atoms with van der Waals surface area (Å²) in [4.78, 5) is 1.97. The molecule has 66 valence electrons. The van der Waals surface area contributed by atoms with Crippen molar-refractivity contribution in [3.8, 4) is 0 Å². The van der Waals surface area contributed by atoms with Crippen LogP contribution in [0.2, 0.25) is 0 Å². The van der Waals surface area contributed by atoms with E-state index in [4.69, 9.17) is 0 Å². The lowest BCUT2D eigenvalue weighted by Crippen LogP contribution is -2.43. The lowest BCUT2D eigenvalue weighted by atomic mass is 10.2. The Bertz CT molecular complexity index is 127. The van der Waals surface area contributed by atoms with E-state index in [1.54, 1.807) is 0 Å². The predicted octanol–water partition coefficient (Wildman–Crippen LogP) is 0.00690. The van der Waals surface area contributed by atoms with E-state index in [2.05, 4.69) is 19.2 Å². The van der Waals surface area contributed by atoms with Gasteiger partial charge in [-0.25, -0.2) is 0 Å². The van der Waals surface area contributed by atoms with E-state index in [1.165, 1.54) is 0 Å². The number of nitrogens with one attached hydrogen (secondary N) is 1. The van der Waals surface area contributed by atoms with Crippen molar-refractivity contribution < 1.29 is 5.11 Å². The average Bonchev–Trinajstić information content (AvgIpc) is 2.18. The summed E-state index contributed by atoms with van der Waals surface area (Å²) in [5, 5.41) is 12.9. The first-order valence-electron chi connectivity index (χ1n) is 4.25. The zero-order chi connectivity index (χ0) is 8.43. The summed E-state index contributed by atoms with van der Waals surface area (Å²) in [5.74, 6) is 0. The standard InChI is InChI=1S/C8H18N2O/c1-6(2)9-7-4-5-10(3)8(7)11/h6-9,11H,4-5H2,1-3H3. The second-order valence-corrected chi connectivity index (χ2v) is 3.61. The number of nitrogens with zero attached hydrogens (tertiary/aromatic N) is 1. The molecule has 1 saturated heterocycles. The highest BCUT2D eigenvalue weighted by Gasteiger charge is 2.29. The van der Waals surface area contributed by atoms with Crippen LogP contribution < -0.4 is 5.32 Å². The third-order valence-corrected chi connectivity index (χ3v) is 2.15. The summed E-state index contributed by atoms with van der Waals surface area (Å²) >= 11 is 0. The van der Waals surface area contributed by atoms with Gasteiger partial charge in [0.25, 0.3) is 0 Å². The minimum Gasteiger partial charge on any atom is -0.377 e. The molecule has 1 aliphatic rings. The van der Waals surface area contributed by atoms with Crippen LogP contribution in [0.15, 0.2) is 0 Å². The van der Waals surface area contributed by atoms with Crippen molar-refractivity contribution in [3.63, 3.8) is 0 Å². The molecule has 2 N–H and O–H groups in total. The second kappa shape index (κ2) is 3.52. The summed E-state index contributed by atoms with van der Waals surface area (Å²) in [7, 11) is 1.95. The van der Waals surface area contributed by atoms with Crippen molar-refractivity contribution in [2.75, 3.05) is 13.6 Å². The van der Waals surface area contributed by atoms with E-state index < -0.39 is 0 Å². The Hall–Kier alpha value is -0.120. The van der Waals surface area contributed by atoms with Crippen LogP contribution in [0.1, 0.15) is 20.3 Å². The molecule has 0 aliphatic carbocycles. The molecule has 0 amide bonds. The molecule has 1 aliphatic heterocycles. The highest BCUT2D eigenvalue weighted by molar-refractivity contribution is 4.83. The third-order valence-electron chi connectivity index (χ3n) is 2.15. The minimum atomic E-state index is -0.294. The van der Waals surface area contributed by atoms with Gasteiger partial charge in [0.1, 0.15) is 6.23 Å². The molecule has 2 atom stereocenters. The number of rotatable bonds is 2. The molecule has 2 unspecified atom stereocenters. The molecule has 3 heteroatoms. The lowest BCUT2D eigenvalue weighted by Gasteiger charge is -2.21. The van der Waals surface area contributed by atoms with Gasteiger partial charge < -0.3 is 10.4 Å². The van der Waals surface area contributed by atoms with Gasteiger partial charge in [0.2, 0.25) is 0 Å². The Labute approximate surface area is 68.4 Å². The summed E-state index contributed by atoms with van der Waals surface area (Å²) in [6.07, 6.45) is 0.757. The normalized spacial score (nSPS) is 33.5. The summed E-state index contributed by atoms with van der Waals surface area (Å²) in [5.41, 5.74) is 0. The zero-order valence-electron chi connectivity index (χ0n) is 7.54. The van der Waals surface area contributed by atoms with Gasteiger partial charge in [-0.2, -0.15) is 0 Å². The molecule has 1 rings (SSSR count). The van der Waals surface area contributed by atoms with Crippen LogP contribution in [-0.2, 0) is 0 Å². The smallest absolute Gasteiger partial charge is 0.122 e. The molecular formula is C8H18N2O. The monoisotopic (exact) mass is 158 g/mol. The molecular weight excluding hydrogens is 140 g/mol. The van der Waals surface area contributed by atoms with E-state index in [0.29, 0.717) is 6.04 Å². The van der Waals surface area contributed by atoms with Crippen LogP contribution in [0.4, 0.5) is 0 Å². The number of aliphatic hydroxyl groups excluding tert-OH is 1. The zero-order valence-corrected chi connectivity index (χ0v) is 7.54. The maximum absolute atomic E-state index is 9.57. The highest BCUT2D eigenvalue weighted by Crippen LogP contribution is 2.13. The average molecular weight is 158 g/mol. The van der Waals surface area contributed by atoms with Gasteiger partial charge in [0.05, 0.1) is 0 Å². The van der Waals surface area contributed by atoms with E-state index in [1.807, 2.05) is 11.9 Å². The largest absolute Gasteiger partial charge is 0.377 e. The fourth-order valence-corrected chi connectivity index (χ4v) is 1.53. The Kier molecular flexibility index (Phi) is 2.87. The number of hydrogen-bond acceptors (Lipinski definition) is 3. The summed E-state index contributed by atoms with van der Waals surface area (Å²) in [6.45, 7) is 5.20. The first-order chi connectivity index (χ1) is 5.11. The fraction of sp³-hybridized carbons (Fsp3) is 1.00. The SMILES string of the molecule is CC(C)NC1CCN(C)C1O. The van der Waals surface area contributed by atoms with Crippen molar-refractivity contribution in [2.45, 2.75) is 38.6 Å². The number of likely N-dealkylation sites (N-methyl/N-ethyl adjacent to an activating group) is 1. The minimum absolute atomic E-state index is 0.264. The number of likely N-dealkylation sites (tertiary alicyclic amines) is 1. The Balaban J connectivity index is 2.36. The number of hydrogen-bond donors (Lipinski definition) is 2. The van der Waals surface area contributed by atoms with Crippen molar-refractivity contribution in [1.82, 2.24) is 10.2 Å². The van der Waals surface area contributed by atoms with Crippen molar-refractivity contribution in [1.29, 1.82) is 0 Å². The van der Waals surface area contributed by atoms with Crippen LogP contribution in [0.25, 0.3) is 0 Å². The Morgan fingerprint density at radius 2 is 2.18 bits per heavy atom. The van der Waals surface area contributed by atoms with Crippen LogP contribution in [0, 0.1) is 0 Å². The molecule has 0 radical (unpaired) electrons. The van der Waals surface area contributed by atoms with E-state index in [0.717, 1.165) is 13.0 Å². The van der Waals surface area contributed by atoms with Crippen LogP contribution in [0.3, 0.4) is 0 Å². The van der Waals surface area contributed by atoms with E-state index in [-0.39, 0.29) is 12.3 Å². The van der Waals surface area contributed by atoms with E-state index in [9.17, 15) is 5.11 Å². The molecule has 0 aromatic heterocycles. The summed E-state index contributed by atoms with van der Waals surface area (Å²) in [6, 6.07) is 0.723. The van der Waals surface area contributed by atoms with Crippen LogP contribution in [-0.4, -0.2) is 41.9 Å². The van der Waals surface area contributed by atoms with Crippen LogP contribution in [0.5, 0.6) is 0 Å². The first-order valence-corrected chi connectivity index (χ1v) is 4.25. The topological polar surface area (TPSA) is 35.5 Å². The lowest BCUT2D eigenvalue weighted by molar-refractivity contribution is 0.0352. The van der Waals surface area contributed by atoms with Gasteiger partial charge in [-0.3, -0.25) is 4.90 Å². The molecule has 3 nitrogen and oxygen atoms in total. The molecule has 0 bridgehead atoms. The van der Waals surface area contributed by atoms with Gasteiger partial charge in [-0.1, -0.05) is 13.8 Å². The van der Waals surface area contributed by atoms with Crippen molar-refractivity contribution in [2.24, 2.45) is 0 Å². The van der Waals surface area contributed by atoms with Gasteiger partial charge in [-0.15, -0.1) is 0 Å². The van der Waals surface area contributed by atoms with Crippen molar-refractivity contribution in [3.05, 3.63) is 0 Å². The fourth-order valence-electron chi connectivity index (χ4n) is 1.53. The summed E-state index contributed by atoms with van der Waals surface area (Å²) < 4.78 is 0. The van der Waals surface area contributed by atoms with Crippen LogP contribution >= 0.6 is 0 Å². The third kappa shape index (κ3) is 2.15. The van der Waals surface area contributed by atoms with Gasteiger partial charge >= 0.3 is 0 Å². The van der Waals surface area contributed by atoms with Gasteiger partial charge in [0.15, 0.2) is 0 Å². The van der Waals surface area contributed by atoms with Gasteiger partial charge in [-0.05, 0) is 13.5 Å². The molecule has 0 spiro atoms.